The number of anilines is 1. The molecule has 10 heteroatoms. The zero-order valence-corrected chi connectivity index (χ0v) is 12.6. The molecule has 8 nitrogen and oxygen atoms in total. The Balaban J connectivity index is 2.49. The van der Waals surface area contributed by atoms with E-state index in [1.807, 2.05) is 0 Å². The lowest BCUT2D eigenvalue weighted by Gasteiger charge is -2.29. The monoisotopic (exact) mass is 332 g/mol. The number of nitro benzene ring substituents is 1. The molecule has 0 amide bonds. The molecule has 3 N–H and O–H groups in total. The summed E-state index contributed by atoms with van der Waals surface area (Å²) in [5.41, 5.74) is -0.198. The highest BCUT2D eigenvalue weighted by Gasteiger charge is 2.29. The zero-order chi connectivity index (χ0) is 16.3. The van der Waals surface area contributed by atoms with Crippen LogP contribution in [0.25, 0.3) is 0 Å². The molecule has 1 aromatic rings. The molecule has 1 aliphatic heterocycles. The van der Waals surface area contributed by atoms with Crippen LogP contribution in [0.5, 0.6) is 0 Å². The van der Waals surface area contributed by atoms with Crippen molar-refractivity contribution in [3.8, 4) is 0 Å². The van der Waals surface area contributed by atoms with E-state index in [9.17, 15) is 22.9 Å². The number of halogens is 1. The maximum absolute atomic E-state index is 12.8. The zero-order valence-electron chi connectivity index (χ0n) is 11.7. The predicted octanol–water partition coefficient (Wildman–Crippen LogP) is 0.380. The van der Waals surface area contributed by atoms with Crippen molar-refractivity contribution in [1.82, 2.24) is 5.32 Å². The van der Waals surface area contributed by atoms with Gasteiger partial charge in [-0.15, -0.1) is 0 Å². The van der Waals surface area contributed by atoms with Crippen molar-refractivity contribution in [3.05, 3.63) is 28.3 Å². The standard InChI is InChI=1S/C12H17FN4O4S/c13-4-6-16(9-3-5-15-8-9)11-2-1-10(22(14,20)21)7-12(11)17(18)19/h1-2,7,9,15H,3-6,8H2,(H2,14,20,21)/t9-/m1/s1. The summed E-state index contributed by atoms with van der Waals surface area (Å²) in [6, 6.07) is 3.35. The summed E-state index contributed by atoms with van der Waals surface area (Å²) in [7, 11) is -4.04. The highest BCUT2D eigenvalue weighted by Crippen LogP contribution is 2.32. The van der Waals surface area contributed by atoms with Gasteiger partial charge < -0.3 is 10.2 Å². The largest absolute Gasteiger partial charge is 0.359 e. The molecule has 0 bridgehead atoms. The van der Waals surface area contributed by atoms with E-state index in [2.05, 4.69) is 5.32 Å². The molecule has 0 saturated carbocycles. The number of primary sulfonamides is 1. The summed E-state index contributed by atoms with van der Waals surface area (Å²) in [5.74, 6) is 0. The Morgan fingerprint density at radius 1 is 1.50 bits per heavy atom. The first-order chi connectivity index (χ1) is 10.3. The lowest BCUT2D eigenvalue weighted by molar-refractivity contribution is -0.384. The van der Waals surface area contributed by atoms with E-state index in [4.69, 9.17) is 5.14 Å². The summed E-state index contributed by atoms with van der Waals surface area (Å²) in [5, 5.41) is 19.4. The highest BCUT2D eigenvalue weighted by molar-refractivity contribution is 7.89. The lowest BCUT2D eigenvalue weighted by atomic mass is 10.1. The molecule has 0 spiro atoms. The second-order valence-electron chi connectivity index (χ2n) is 4.98. The second kappa shape index (κ2) is 6.55. The van der Waals surface area contributed by atoms with Crippen LogP contribution in [0, 0.1) is 10.1 Å². The van der Waals surface area contributed by atoms with Crippen LogP contribution in [-0.4, -0.2) is 45.7 Å². The van der Waals surface area contributed by atoms with Crippen molar-refractivity contribution in [2.24, 2.45) is 5.14 Å². The Hall–Kier alpha value is -1.78. The van der Waals surface area contributed by atoms with Crippen LogP contribution < -0.4 is 15.4 Å². The van der Waals surface area contributed by atoms with Crippen LogP contribution in [0.4, 0.5) is 15.8 Å². The van der Waals surface area contributed by atoms with E-state index in [1.165, 1.54) is 12.1 Å². The summed E-state index contributed by atoms with van der Waals surface area (Å²) >= 11 is 0. The Kier molecular flexibility index (Phi) is 4.94. The summed E-state index contributed by atoms with van der Waals surface area (Å²) in [6.07, 6.45) is 0.730. The van der Waals surface area contributed by atoms with Gasteiger partial charge >= 0.3 is 0 Å². The van der Waals surface area contributed by atoms with Crippen molar-refractivity contribution >= 4 is 21.4 Å². The highest BCUT2D eigenvalue weighted by atomic mass is 32.2. The van der Waals surface area contributed by atoms with Crippen molar-refractivity contribution in [2.45, 2.75) is 17.4 Å². The fourth-order valence-electron chi connectivity index (χ4n) is 2.57. The number of nitrogens with two attached hydrogens (primary N) is 1. The van der Waals surface area contributed by atoms with Gasteiger partial charge in [0.05, 0.1) is 9.82 Å². The van der Waals surface area contributed by atoms with Crippen molar-refractivity contribution in [3.63, 3.8) is 0 Å². The van der Waals surface area contributed by atoms with Crippen LogP contribution in [0.2, 0.25) is 0 Å². The maximum Gasteiger partial charge on any atom is 0.293 e. The minimum absolute atomic E-state index is 0.00189. The number of sulfonamides is 1. The van der Waals surface area contributed by atoms with Crippen molar-refractivity contribution < 1.29 is 17.7 Å². The minimum Gasteiger partial charge on any atom is -0.359 e. The van der Waals surface area contributed by atoms with E-state index in [1.54, 1.807) is 4.90 Å². The molecule has 1 aromatic carbocycles. The van der Waals surface area contributed by atoms with Crippen molar-refractivity contribution in [1.29, 1.82) is 0 Å². The van der Waals surface area contributed by atoms with Gasteiger partial charge in [0, 0.05) is 25.2 Å². The third-order valence-corrected chi connectivity index (χ3v) is 4.49. The number of nitro groups is 1. The average molecular weight is 332 g/mol. The third kappa shape index (κ3) is 3.51. The number of benzene rings is 1. The SMILES string of the molecule is NS(=O)(=O)c1ccc(N(CCF)[C@@H]2CCNC2)c([N+](=O)[O-])c1. The van der Waals surface area contributed by atoms with Crippen LogP contribution in [-0.2, 0) is 10.0 Å². The van der Waals surface area contributed by atoms with E-state index in [-0.39, 0.29) is 23.2 Å². The van der Waals surface area contributed by atoms with Gasteiger partial charge in [0.25, 0.3) is 5.69 Å². The summed E-state index contributed by atoms with van der Waals surface area (Å²) < 4.78 is 35.5. The first-order valence-electron chi connectivity index (χ1n) is 6.69. The fraction of sp³-hybridized carbons (Fsp3) is 0.500. The van der Waals surface area contributed by atoms with E-state index < -0.39 is 27.3 Å². The molecule has 0 unspecified atom stereocenters. The first kappa shape index (κ1) is 16.6. The van der Waals surface area contributed by atoms with Crippen molar-refractivity contribution in [2.75, 3.05) is 31.2 Å². The Morgan fingerprint density at radius 2 is 2.23 bits per heavy atom. The number of nitrogens with one attached hydrogen (secondary N) is 1. The van der Waals surface area contributed by atoms with Crippen LogP contribution >= 0.6 is 0 Å². The molecule has 122 valence electrons. The van der Waals surface area contributed by atoms with E-state index in [0.717, 1.165) is 19.0 Å². The Labute approximate surface area is 127 Å². The molecular weight excluding hydrogens is 315 g/mol. The van der Waals surface area contributed by atoms with E-state index >= 15 is 0 Å². The molecule has 1 atom stereocenters. The number of alkyl halides is 1. The molecular formula is C12H17FN4O4S. The average Bonchev–Trinajstić information content (AvgIpc) is 2.97. The summed E-state index contributed by atoms with van der Waals surface area (Å²) in [6.45, 7) is 0.678. The molecule has 1 aliphatic rings. The minimum atomic E-state index is -4.04. The van der Waals surface area contributed by atoms with Crippen LogP contribution in [0.3, 0.4) is 0 Å². The fourth-order valence-corrected chi connectivity index (χ4v) is 3.10. The van der Waals surface area contributed by atoms with E-state index in [0.29, 0.717) is 6.54 Å². The topological polar surface area (TPSA) is 119 Å². The van der Waals surface area contributed by atoms with Gasteiger partial charge in [0.1, 0.15) is 12.4 Å². The Bertz CT molecular complexity index is 661. The van der Waals surface area contributed by atoms with Gasteiger partial charge in [-0.2, -0.15) is 0 Å². The second-order valence-corrected chi connectivity index (χ2v) is 6.54. The van der Waals surface area contributed by atoms with Gasteiger partial charge in [-0.25, -0.2) is 17.9 Å². The molecule has 0 aromatic heterocycles. The smallest absolute Gasteiger partial charge is 0.293 e. The van der Waals surface area contributed by atoms with Gasteiger partial charge in [-0.3, -0.25) is 10.1 Å². The molecule has 22 heavy (non-hydrogen) atoms. The number of hydrogen-bond donors (Lipinski definition) is 2. The van der Waals surface area contributed by atoms with Crippen LogP contribution in [0.15, 0.2) is 23.1 Å². The molecule has 0 aliphatic carbocycles. The lowest BCUT2D eigenvalue weighted by Crippen LogP contribution is -2.38. The third-order valence-electron chi connectivity index (χ3n) is 3.58. The molecule has 2 rings (SSSR count). The molecule has 0 radical (unpaired) electrons. The van der Waals surface area contributed by atoms with Gasteiger partial charge in [-0.1, -0.05) is 0 Å². The molecule has 1 heterocycles. The molecule has 1 saturated heterocycles. The maximum atomic E-state index is 12.8. The predicted molar refractivity (Wildman–Crippen MR) is 79.1 cm³/mol. The Morgan fingerprint density at radius 3 is 2.73 bits per heavy atom. The quantitative estimate of drug-likeness (QED) is 0.574. The normalized spacial score (nSPS) is 18.4. The van der Waals surface area contributed by atoms with Crippen LogP contribution in [0.1, 0.15) is 6.42 Å². The van der Waals surface area contributed by atoms with Gasteiger partial charge in [0.2, 0.25) is 10.0 Å². The summed E-state index contributed by atoms with van der Waals surface area (Å²) in [4.78, 5) is 11.8. The number of rotatable bonds is 6. The molecule has 1 fully saturated rings. The number of nitrogens with zero attached hydrogens (tertiary/aromatic N) is 2. The number of hydrogen-bond acceptors (Lipinski definition) is 6. The van der Waals surface area contributed by atoms with Gasteiger partial charge in [-0.05, 0) is 25.1 Å². The van der Waals surface area contributed by atoms with Gasteiger partial charge in [0.15, 0.2) is 0 Å². The first-order valence-corrected chi connectivity index (χ1v) is 8.24.